The fraction of sp³-hybridized carbons (Fsp3) is 0.0714. The van der Waals surface area contributed by atoms with E-state index in [1.165, 1.54) is 12.3 Å². The maximum Gasteiger partial charge on any atom is 0.225 e. The van der Waals surface area contributed by atoms with Gasteiger partial charge in [0.05, 0.1) is 11.8 Å². The summed E-state index contributed by atoms with van der Waals surface area (Å²) >= 11 is 5.87. The highest BCUT2D eigenvalue weighted by molar-refractivity contribution is 6.49. The van der Waals surface area contributed by atoms with Gasteiger partial charge in [0.1, 0.15) is 28.1 Å². The van der Waals surface area contributed by atoms with Crippen LogP contribution < -0.4 is 5.32 Å². The summed E-state index contributed by atoms with van der Waals surface area (Å²) in [5, 5.41) is 8.20. The van der Waals surface area contributed by atoms with Gasteiger partial charge in [-0.05, 0) is 12.1 Å². The number of aromatic amines is 1. The Kier molecular flexibility index (Phi) is 4.82. The van der Waals surface area contributed by atoms with E-state index < -0.39 is 23.2 Å². The summed E-state index contributed by atoms with van der Waals surface area (Å²) in [5.74, 6) is -2.69. The number of rotatable bonds is 3. The van der Waals surface area contributed by atoms with Gasteiger partial charge in [-0.2, -0.15) is 5.10 Å². The zero-order valence-electron chi connectivity index (χ0n) is 11.3. The number of allylic oxidation sites excluding steroid dienone is 2. The fourth-order valence-corrected chi connectivity index (χ4v) is 2.37. The molecule has 2 N–H and O–H groups in total. The molecular weight excluding hydrogens is 351 g/mol. The smallest absolute Gasteiger partial charge is 0.225 e. The van der Waals surface area contributed by atoms with E-state index in [1.807, 2.05) is 0 Å². The predicted molar refractivity (Wildman–Crippen MR) is 80.6 cm³/mol. The van der Waals surface area contributed by atoms with Gasteiger partial charge in [0.2, 0.25) is 11.6 Å². The lowest BCUT2D eigenvalue weighted by molar-refractivity contribution is 0.0972. The van der Waals surface area contributed by atoms with Crippen LogP contribution in [0.1, 0.15) is 26.4 Å². The van der Waals surface area contributed by atoms with E-state index in [2.05, 4.69) is 15.5 Å². The van der Waals surface area contributed by atoms with Crippen molar-refractivity contribution in [3.8, 4) is 0 Å². The maximum atomic E-state index is 13.6. The van der Waals surface area contributed by atoms with Crippen LogP contribution in [0.4, 0.5) is 8.78 Å². The molecule has 3 rings (SSSR count). The number of ketones is 2. The number of hydrogen-bond donors (Lipinski definition) is 2. The Labute approximate surface area is 140 Å². The molecule has 2 aromatic rings. The van der Waals surface area contributed by atoms with Crippen LogP contribution >= 0.6 is 24.0 Å². The van der Waals surface area contributed by atoms with Crippen molar-refractivity contribution in [1.29, 1.82) is 0 Å². The Morgan fingerprint density at radius 1 is 1.17 bits per heavy atom. The third-order valence-electron chi connectivity index (χ3n) is 3.26. The average Bonchev–Trinajstić information content (AvgIpc) is 2.97. The van der Waals surface area contributed by atoms with Crippen molar-refractivity contribution >= 4 is 35.6 Å². The topological polar surface area (TPSA) is 74.8 Å². The van der Waals surface area contributed by atoms with Crippen LogP contribution in [0.25, 0.3) is 0 Å². The number of hydrogen-bond acceptors (Lipinski definition) is 4. The Balaban J connectivity index is 0.00000192. The van der Waals surface area contributed by atoms with Gasteiger partial charge in [-0.25, -0.2) is 8.78 Å². The number of nitrogens with zero attached hydrogens (tertiary/aromatic N) is 1. The number of H-pyrrole nitrogens is 1. The lowest BCUT2D eigenvalue weighted by atomic mass is 9.99. The first-order valence-electron chi connectivity index (χ1n) is 6.20. The summed E-state index contributed by atoms with van der Waals surface area (Å²) in [4.78, 5) is 24.2. The number of aromatic nitrogens is 2. The van der Waals surface area contributed by atoms with Gasteiger partial charge in [-0.3, -0.25) is 14.7 Å². The van der Waals surface area contributed by atoms with Crippen LogP contribution in [0.2, 0.25) is 0 Å². The van der Waals surface area contributed by atoms with Crippen LogP contribution in [-0.4, -0.2) is 21.8 Å². The first-order valence-corrected chi connectivity index (χ1v) is 6.57. The normalized spacial score (nSPS) is 13.7. The molecule has 120 valence electrons. The molecule has 5 nitrogen and oxygen atoms in total. The molecule has 1 aromatic heterocycles. The van der Waals surface area contributed by atoms with E-state index in [4.69, 9.17) is 11.6 Å². The molecule has 0 saturated heterocycles. The molecule has 0 fully saturated rings. The van der Waals surface area contributed by atoms with Gasteiger partial charge >= 0.3 is 0 Å². The number of carbonyl (C=O) groups excluding carboxylic acids is 2. The monoisotopic (exact) mass is 359 g/mol. The molecule has 0 radical (unpaired) electrons. The van der Waals surface area contributed by atoms with Crippen molar-refractivity contribution in [2.45, 2.75) is 6.54 Å². The molecule has 0 unspecified atom stereocenters. The molecule has 0 atom stereocenters. The standard InChI is InChI=1S/C14H8ClF2N3O2.ClH/c15-10-12(13(21)7-5-19-20-11(7)14(10)22)18-4-6-8(16)2-1-3-9(6)17;/h1-3,5,18H,4H2,(H,19,20);1H. The van der Waals surface area contributed by atoms with Crippen molar-refractivity contribution in [3.63, 3.8) is 0 Å². The van der Waals surface area contributed by atoms with E-state index in [9.17, 15) is 18.4 Å². The number of Topliss-reactive ketones (excluding diaryl/α,β-unsaturated/α-hetero) is 2. The van der Waals surface area contributed by atoms with Crippen LogP contribution in [0, 0.1) is 11.6 Å². The molecule has 0 spiro atoms. The fourth-order valence-electron chi connectivity index (χ4n) is 2.12. The Hall–Kier alpha value is -2.25. The highest BCUT2D eigenvalue weighted by Gasteiger charge is 2.33. The summed E-state index contributed by atoms with van der Waals surface area (Å²) in [5.41, 5.74) is -0.399. The summed E-state index contributed by atoms with van der Waals surface area (Å²) in [6.07, 6.45) is 1.20. The molecule has 0 saturated carbocycles. The molecule has 0 amide bonds. The lowest BCUT2D eigenvalue weighted by Crippen LogP contribution is -2.29. The highest BCUT2D eigenvalue weighted by atomic mass is 35.5. The van der Waals surface area contributed by atoms with Crippen molar-refractivity contribution < 1.29 is 18.4 Å². The zero-order valence-corrected chi connectivity index (χ0v) is 12.9. The van der Waals surface area contributed by atoms with Gasteiger partial charge in [-0.15, -0.1) is 12.4 Å². The Morgan fingerprint density at radius 2 is 1.83 bits per heavy atom. The third kappa shape index (κ3) is 2.85. The second-order valence-corrected chi connectivity index (χ2v) is 4.94. The molecule has 1 aliphatic carbocycles. The number of benzene rings is 1. The van der Waals surface area contributed by atoms with E-state index in [-0.39, 0.29) is 46.5 Å². The molecule has 23 heavy (non-hydrogen) atoms. The van der Waals surface area contributed by atoms with Crippen LogP contribution in [-0.2, 0) is 6.54 Å². The van der Waals surface area contributed by atoms with Crippen molar-refractivity contribution in [1.82, 2.24) is 15.5 Å². The number of halogens is 4. The van der Waals surface area contributed by atoms with Crippen molar-refractivity contribution in [2.75, 3.05) is 0 Å². The van der Waals surface area contributed by atoms with Crippen LogP contribution in [0.5, 0.6) is 0 Å². The molecule has 9 heteroatoms. The molecule has 0 bridgehead atoms. The van der Waals surface area contributed by atoms with Crippen molar-refractivity contribution in [3.05, 3.63) is 63.6 Å². The largest absolute Gasteiger partial charge is 0.376 e. The highest BCUT2D eigenvalue weighted by Crippen LogP contribution is 2.26. The number of fused-ring (bicyclic) bond motifs is 1. The average molecular weight is 360 g/mol. The van der Waals surface area contributed by atoms with Gasteiger partial charge in [-0.1, -0.05) is 17.7 Å². The van der Waals surface area contributed by atoms with E-state index in [1.54, 1.807) is 0 Å². The van der Waals surface area contributed by atoms with E-state index in [0.717, 1.165) is 12.1 Å². The van der Waals surface area contributed by atoms with Gasteiger partial charge in [0.15, 0.2) is 0 Å². The summed E-state index contributed by atoms with van der Waals surface area (Å²) in [6, 6.07) is 3.42. The maximum absolute atomic E-state index is 13.6. The quantitative estimate of drug-likeness (QED) is 0.883. The summed E-state index contributed by atoms with van der Waals surface area (Å²) < 4.78 is 27.1. The number of nitrogens with one attached hydrogen (secondary N) is 2. The molecule has 0 aliphatic heterocycles. The lowest BCUT2D eigenvalue weighted by Gasteiger charge is -2.16. The SMILES string of the molecule is Cl.O=C1C(NCc2c(F)cccc2F)=C(Cl)C(=O)c2[nH]ncc21. The minimum atomic E-state index is -0.761. The molecule has 1 aliphatic rings. The Bertz CT molecular complexity index is 813. The summed E-state index contributed by atoms with van der Waals surface area (Å²) in [6.45, 7) is -0.323. The minimum Gasteiger partial charge on any atom is -0.376 e. The first kappa shape index (κ1) is 17.1. The van der Waals surface area contributed by atoms with E-state index in [0.29, 0.717) is 0 Å². The summed E-state index contributed by atoms with van der Waals surface area (Å²) in [7, 11) is 0. The second kappa shape index (κ2) is 6.47. The van der Waals surface area contributed by atoms with Gasteiger partial charge in [0, 0.05) is 12.1 Å². The van der Waals surface area contributed by atoms with Crippen LogP contribution in [0.15, 0.2) is 35.1 Å². The number of carbonyl (C=O) groups is 2. The van der Waals surface area contributed by atoms with Crippen molar-refractivity contribution in [2.24, 2.45) is 0 Å². The third-order valence-corrected chi connectivity index (χ3v) is 3.62. The molecule has 1 heterocycles. The van der Waals surface area contributed by atoms with Crippen LogP contribution in [0.3, 0.4) is 0 Å². The predicted octanol–water partition coefficient (Wildman–Crippen LogP) is 2.73. The molecular formula is C14H9Cl2F2N3O2. The van der Waals surface area contributed by atoms with Gasteiger partial charge < -0.3 is 5.32 Å². The Morgan fingerprint density at radius 3 is 2.48 bits per heavy atom. The zero-order chi connectivity index (χ0) is 15.9. The second-order valence-electron chi connectivity index (χ2n) is 4.56. The molecule has 1 aromatic carbocycles. The minimum absolute atomic E-state index is 0. The van der Waals surface area contributed by atoms with Gasteiger partial charge in [0.25, 0.3) is 0 Å². The first-order chi connectivity index (χ1) is 10.5. The van der Waals surface area contributed by atoms with E-state index >= 15 is 0 Å².